The van der Waals surface area contributed by atoms with Gasteiger partial charge < -0.3 is 18.8 Å². The number of imidazole rings is 1. The third kappa shape index (κ3) is 6.14. The summed E-state index contributed by atoms with van der Waals surface area (Å²) in [7, 11) is 0. The molecule has 1 saturated heterocycles. The number of aryl methyl sites for hydroxylation is 2. The largest absolute Gasteiger partial charge is 0.474 e. The van der Waals surface area contributed by atoms with Crippen LogP contribution in [-0.2, 0) is 29.1 Å². The van der Waals surface area contributed by atoms with Gasteiger partial charge >= 0.3 is 5.69 Å². The highest BCUT2D eigenvalue weighted by Gasteiger charge is 2.25. The molecule has 6 rings (SSSR count). The van der Waals surface area contributed by atoms with Crippen molar-refractivity contribution < 1.29 is 18.6 Å². The van der Waals surface area contributed by atoms with E-state index in [4.69, 9.17) is 19.2 Å². The second-order valence-electron chi connectivity index (χ2n) is 11.3. The van der Waals surface area contributed by atoms with Gasteiger partial charge in [0, 0.05) is 37.9 Å². The van der Waals surface area contributed by atoms with Gasteiger partial charge in [-0.25, -0.2) is 19.2 Å². The van der Waals surface area contributed by atoms with E-state index in [0.717, 1.165) is 49.7 Å². The van der Waals surface area contributed by atoms with Gasteiger partial charge in [0.05, 0.1) is 12.3 Å². The number of benzene rings is 1. The fourth-order valence-electron chi connectivity index (χ4n) is 5.68. The van der Waals surface area contributed by atoms with Gasteiger partial charge in [0.1, 0.15) is 17.7 Å². The summed E-state index contributed by atoms with van der Waals surface area (Å²) in [5.74, 6) is 0.721. The molecular weight excluding hydrogens is 553 g/mol. The zero-order valence-corrected chi connectivity index (χ0v) is 24.8. The van der Waals surface area contributed by atoms with Crippen LogP contribution in [-0.4, -0.2) is 49.3 Å². The molecule has 3 aromatic heterocycles. The average molecular weight is 592 g/mol. The van der Waals surface area contributed by atoms with Gasteiger partial charge in [-0.05, 0) is 82.6 Å². The van der Waals surface area contributed by atoms with Crippen LogP contribution in [0.2, 0.25) is 0 Å². The van der Waals surface area contributed by atoms with E-state index in [2.05, 4.69) is 4.98 Å². The van der Waals surface area contributed by atoms with Crippen molar-refractivity contribution in [2.24, 2.45) is 0 Å². The van der Waals surface area contributed by atoms with E-state index in [9.17, 15) is 14.0 Å². The van der Waals surface area contributed by atoms with Crippen LogP contribution in [0, 0.1) is 12.7 Å². The second-order valence-corrected chi connectivity index (χ2v) is 11.3. The minimum Gasteiger partial charge on any atom is -0.474 e. The van der Waals surface area contributed by atoms with Crippen LogP contribution in [0.15, 0.2) is 46.0 Å². The summed E-state index contributed by atoms with van der Waals surface area (Å²) >= 11 is 0. The average Bonchev–Trinajstić information content (AvgIpc) is 3.35. The summed E-state index contributed by atoms with van der Waals surface area (Å²) in [5.41, 5.74) is 2.00. The number of fused-ring (bicyclic) bond motifs is 1. The summed E-state index contributed by atoms with van der Waals surface area (Å²) in [4.78, 5) is 37.2. The highest BCUT2D eigenvalue weighted by atomic mass is 19.1. The Morgan fingerprint density at radius 3 is 2.47 bits per heavy atom. The zero-order chi connectivity index (χ0) is 29.9. The molecule has 0 bridgehead atoms. The molecule has 0 spiro atoms. The van der Waals surface area contributed by atoms with E-state index in [0.29, 0.717) is 54.7 Å². The predicted octanol–water partition coefficient (Wildman–Crippen LogP) is 4.80. The smallest absolute Gasteiger partial charge is 0.332 e. The number of ether oxygens (including phenoxy) is 3. The number of pyridine rings is 1. The van der Waals surface area contributed by atoms with Crippen LogP contribution in [0.3, 0.4) is 0 Å². The Balaban J connectivity index is 1.40. The molecule has 1 atom stereocenters. The summed E-state index contributed by atoms with van der Waals surface area (Å²) in [6.07, 6.45) is 6.60. The number of nitrogens with zero attached hydrogens (tertiary/aromatic N) is 5. The van der Waals surface area contributed by atoms with Gasteiger partial charge in [-0.2, -0.15) is 0 Å². The minimum atomic E-state index is -0.421. The van der Waals surface area contributed by atoms with Gasteiger partial charge in [0.2, 0.25) is 5.88 Å². The number of aromatic nitrogens is 5. The first-order valence-corrected chi connectivity index (χ1v) is 15.3. The van der Waals surface area contributed by atoms with Gasteiger partial charge in [0.25, 0.3) is 5.56 Å². The quantitative estimate of drug-likeness (QED) is 0.231. The Kier molecular flexibility index (Phi) is 8.71. The van der Waals surface area contributed by atoms with Crippen LogP contribution in [0.5, 0.6) is 5.88 Å². The van der Waals surface area contributed by atoms with Crippen molar-refractivity contribution in [1.29, 1.82) is 0 Å². The molecule has 228 valence electrons. The SMILES string of the molecule is CCn1c(=O)n(CCCOC2CCCCO2)c(=O)c2c1nc(-c1ccc(OC3CCC3)nc1C)n2Cc1ccc(F)cc1. The second kappa shape index (κ2) is 12.8. The molecule has 1 aliphatic carbocycles. The first-order chi connectivity index (χ1) is 20.9. The molecule has 10 nitrogen and oxygen atoms in total. The van der Waals surface area contributed by atoms with Crippen molar-refractivity contribution >= 4 is 11.2 Å². The molecule has 2 fully saturated rings. The normalized spacial score (nSPS) is 17.3. The first-order valence-electron chi connectivity index (χ1n) is 15.3. The van der Waals surface area contributed by atoms with E-state index >= 15 is 0 Å². The maximum Gasteiger partial charge on any atom is 0.332 e. The van der Waals surface area contributed by atoms with Crippen LogP contribution in [0.25, 0.3) is 22.6 Å². The summed E-state index contributed by atoms with van der Waals surface area (Å²) < 4.78 is 35.9. The molecular formula is C32H38FN5O5. The van der Waals surface area contributed by atoms with Gasteiger partial charge in [-0.1, -0.05) is 12.1 Å². The lowest BCUT2D eigenvalue weighted by Gasteiger charge is -2.25. The van der Waals surface area contributed by atoms with Crippen molar-refractivity contribution in [3.05, 3.63) is 74.3 Å². The van der Waals surface area contributed by atoms with Crippen LogP contribution < -0.4 is 16.0 Å². The minimum absolute atomic E-state index is 0.193. The Morgan fingerprint density at radius 1 is 0.977 bits per heavy atom. The molecule has 1 saturated carbocycles. The zero-order valence-electron chi connectivity index (χ0n) is 24.8. The molecule has 4 heterocycles. The lowest BCUT2D eigenvalue weighted by Crippen LogP contribution is -2.40. The molecule has 43 heavy (non-hydrogen) atoms. The molecule has 1 aliphatic heterocycles. The molecule has 2 aliphatic rings. The maximum atomic E-state index is 14.1. The fraction of sp³-hybridized carbons (Fsp3) is 0.500. The van der Waals surface area contributed by atoms with Crippen molar-refractivity contribution in [1.82, 2.24) is 23.7 Å². The standard InChI is InChI=1S/C32H38FN5O5/c1-3-36-30-28(31(39)37(32(36)40)17-7-19-42-27-10-4-5-18-41-27)38(20-22-11-13-23(33)14-12-22)29(35-30)25-15-16-26(34-21(25)2)43-24-8-6-9-24/h11-16,24,27H,3-10,17-20H2,1-2H3. The van der Waals surface area contributed by atoms with Crippen molar-refractivity contribution in [2.75, 3.05) is 13.2 Å². The summed E-state index contributed by atoms with van der Waals surface area (Å²) in [6, 6.07) is 9.88. The predicted molar refractivity (Wildman–Crippen MR) is 160 cm³/mol. The van der Waals surface area contributed by atoms with E-state index in [-0.39, 0.29) is 31.3 Å². The maximum absolute atomic E-state index is 14.1. The molecule has 0 N–H and O–H groups in total. The summed E-state index contributed by atoms with van der Waals surface area (Å²) in [6.45, 7) is 5.59. The van der Waals surface area contributed by atoms with Crippen LogP contribution >= 0.6 is 0 Å². The number of rotatable bonds is 11. The van der Waals surface area contributed by atoms with Crippen LogP contribution in [0.1, 0.15) is 63.1 Å². The molecule has 0 amide bonds. The highest BCUT2D eigenvalue weighted by Crippen LogP contribution is 2.30. The molecule has 11 heteroatoms. The number of halogens is 1. The monoisotopic (exact) mass is 591 g/mol. The van der Waals surface area contributed by atoms with Gasteiger partial charge in [-0.3, -0.25) is 13.9 Å². The van der Waals surface area contributed by atoms with E-state index in [1.807, 2.05) is 30.5 Å². The van der Waals surface area contributed by atoms with Gasteiger partial charge in [-0.15, -0.1) is 0 Å². The van der Waals surface area contributed by atoms with E-state index in [1.54, 1.807) is 12.1 Å². The Bertz CT molecular complexity index is 1700. The Hall–Kier alpha value is -3.83. The number of hydrogen-bond acceptors (Lipinski definition) is 7. The molecule has 4 aromatic rings. The van der Waals surface area contributed by atoms with E-state index in [1.165, 1.54) is 21.3 Å². The lowest BCUT2D eigenvalue weighted by molar-refractivity contribution is -0.163. The first kappa shape index (κ1) is 29.3. The third-order valence-electron chi connectivity index (χ3n) is 8.29. The number of hydrogen-bond donors (Lipinski definition) is 0. The molecule has 1 aromatic carbocycles. The van der Waals surface area contributed by atoms with Crippen LogP contribution in [0.4, 0.5) is 4.39 Å². The van der Waals surface area contributed by atoms with Crippen molar-refractivity contribution in [2.45, 2.75) is 90.8 Å². The summed E-state index contributed by atoms with van der Waals surface area (Å²) in [5, 5.41) is 0. The molecule has 0 radical (unpaired) electrons. The van der Waals surface area contributed by atoms with E-state index < -0.39 is 11.2 Å². The Morgan fingerprint density at radius 2 is 1.79 bits per heavy atom. The van der Waals surface area contributed by atoms with Crippen molar-refractivity contribution in [3.63, 3.8) is 0 Å². The van der Waals surface area contributed by atoms with Crippen molar-refractivity contribution in [3.8, 4) is 17.3 Å². The highest BCUT2D eigenvalue weighted by molar-refractivity contribution is 5.78. The fourth-order valence-corrected chi connectivity index (χ4v) is 5.68. The third-order valence-corrected chi connectivity index (χ3v) is 8.29. The lowest BCUT2D eigenvalue weighted by atomic mass is 9.96. The van der Waals surface area contributed by atoms with Gasteiger partial charge in [0.15, 0.2) is 17.5 Å². The molecule has 1 unspecified atom stereocenters. The Labute approximate surface area is 249 Å². The topological polar surface area (TPSA) is 102 Å².